The predicted octanol–water partition coefficient (Wildman–Crippen LogP) is 2.70. The van der Waals surface area contributed by atoms with Gasteiger partial charge in [-0.15, -0.1) is 0 Å². The summed E-state index contributed by atoms with van der Waals surface area (Å²) in [5.41, 5.74) is 0.618. The van der Waals surface area contributed by atoms with Crippen LogP contribution in [0.25, 0.3) is 0 Å². The van der Waals surface area contributed by atoms with E-state index in [-0.39, 0.29) is 24.2 Å². The van der Waals surface area contributed by atoms with E-state index in [0.29, 0.717) is 27.6 Å². The fourth-order valence-electron chi connectivity index (χ4n) is 1.91. The van der Waals surface area contributed by atoms with Crippen molar-refractivity contribution in [3.05, 3.63) is 26.9 Å². The number of hydrogen-bond donors (Lipinski definition) is 1. The summed E-state index contributed by atoms with van der Waals surface area (Å²) in [6, 6.07) is 2.64. The number of hydrogen-bond acceptors (Lipinski definition) is 2. The van der Waals surface area contributed by atoms with Crippen molar-refractivity contribution in [2.45, 2.75) is 6.42 Å². The van der Waals surface area contributed by atoms with E-state index < -0.39 is 0 Å². The van der Waals surface area contributed by atoms with Crippen molar-refractivity contribution in [3.8, 4) is 0 Å². The Morgan fingerprint density at radius 1 is 1.41 bits per heavy atom. The maximum Gasteiger partial charge on any atom is 0.227 e. The number of aliphatic hydroxyl groups excluding tert-OH is 1. The second kappa shape index (κ2) is 5.04. The molecule has 0 saturated carbocycles. The number of rotatable bonds is 2. The molecule has 1 aromatic rings. The number of carbonyl (C=O) groups excluding carboxylic acids is 1. The normalized spacial score (nSPS) is 20.1. The van der Waals surface area contributed by atoms with E-state index in [4.69, 9.17) is 5.11 Å². The minimum atomic E-state index is -0.377. The lowest BCUT2D eigenvalue weighted by molar-refractivity contribution is -0.117. The molecule has 1 atom stereocenters. The molecule has 1 unspecified atom stereocenters. The zero-order chi connectivity index (χ0) is 12.6. The average molecular weight is 367 g/mol. The van der Waals surface area contributed by atoms with Gasteiger partial charge in [0.2, 0.25) is 5.91 Å². The monoisotopic (exact) mass is 365 g/mol. The van der Waals surface area contributed by atoms with Gasteiger partial charge in [-0.3, -0.25) is 4.79 Å². The molecule has 0 aliphatic carbocycles. The van der Waals surface area contributed by atoms with Gasteiger partial charge in [0.1, 0.15) is 5.82 Å². The first-order valence-electron chi connectivity index (χ1n) is 5.08. The van der Waals surface area contributed by atoms with Gasteiger partial charge >= 0.3 is 0 Å². The fraction of sp³-hybridized carbons (Fsp3) is 0.364. The van der Waals surface area contributed by atoms with Gasteiger partial charge < -0.3 is 10.0 Å². The number of halogens is 3. The van der Waals surface area contributed by atoms with Gasteiger partial charge in [0.15, 0.2) is 0 Å². The minimum Gasteiger partial charge on any atom is -0.396 e. The van der Waals surface area contributed by atoms with E-state index in [1.807, 2.05) is 0 Å². The highest BCUT2D eigenvalue weighted by molar-refractivity contribution is 9.11. The topological polar surface area (TPSA) is 40.5 Å². The molecule has 17 heavy (non-hydrogen) atoms. The Kier molecular flexibility index (Phi) is 3.85. The number of nitrogens with zero attached hydrogens (tertiary/aromatic N) is 1. The van der Waals surface area contributed by atoms with Gasteiger partial charge in [0.05, 0.1) is 5.69 Å². The van der Waals surface area contributed by atoms with Crippen LogP contribution in [-0.2, 0) is 4.79 Å². The third kappa shape index (κ3) is 2.53. The highest BCUT2D eigenvalue weighted by atomic mass is 79.9. The molecule has 0 aromatic heterocycles. The summed E-state index contributed by atoms with van der Waals surface area (Å²) < 4.78 is 14.2. The van der Waals surface area contributed by atoms with Crippen LogP contribution in [0.3, 0.4) is 0 Å². The molecular weight excluding hydrogens is 357 g/mol. The number of amides is 1. The molecule has 1 aliphatic heterocycles. The standard InChI is InChI=1S/C11H10Br2FNO2/c12-8-2-7(14)3-9(13)11(8)15-4-6(5-16)1-10(15)17/h2-3,6,16H,1,4-5H2. The highest BCUT2D eigenvalue weighted by Gasteiger charge is 2.32. The molecule has 1 fully saturated rings. The van der Waals surface area contributed by atoms with E-state index in [9.17, 15) is 9.18 Å². The second-order valence-electron chi connectivity index (χ2n) is 3.98. The quantitative estimate of drug-likeness (QED) is 0.874. The number of aliphatic hydroxyl groups is 1. The smallest absolute Gasteiger partial charge is 0.227 e. The van der Waals surface area contributed by atoms with Crippen molar-refractivity contribution in [3.63, 3.8) is 0 Å². The first kappa shape index (κ1) is 13.0. The number of carbonyl (C=O) groups is 1. The van der Waals surface area contributed by atoms with Crippen LogP contribution in [0.4, 0.5) is 10.1 Å². The van der Waals surface area contributed by atoms with Crippen molar-refractivity contribution in [1.82, 2.24) is 0 Å². The molecule has 1 heterocycles. The van der Waals surface area contributed by atoms with E-state index in [0.717, 1.165) is 0 Å². The van der Waals surface area contributed by atoms with Crippen molar-refractivity contribution in [2.75, 3.05) is 18.1 Å². The summed E-state index contributed by atoms with van der Waals surface area (Å²) in [6.07, 6.45) is 0.326. The van der Waals surface area contributed by atoms with Crippen LogP contribution >= 0.6 is 31.9 Å². The van der Waals surface area contributed by atoms with Crippen LogP contribution in [0.2, 0.25) is 0 Å². The molecule has 92 valence electrons. The average Bonchev–Trinajstić information content (AvgIpc) is 2.59. The molecule has 1 aromatic carbocycles. The van der Waals surface area contributed by atoms with E-state index in [1.54, 1.807) is 4.90 Å². The fourth-order valence-corrected chi connectivity index (χ4v) is 3.47. The van der Waals surface area contributed by atoms with Crippen molar-refractivity contribution in [1.29, 1.82) is 0 Å². The maximum atomic E-state index is 13.1. The molecule has 0 radical (unpaired) electrons. The predicted molar refractivity (Wildman–Crippen MR) is 69.3 cm³/mol. The van der Waals surface area contributed by atoms with Crippen molar-refractivity contribution < 1.29 is 14.3 Å². The third-order valence-corrected chi connectivity index (χ3v) is 3.92. The summed E-state index contributed by atoms with van der Waals surface area (Å²) in [4.78, 5) is 13.4. The first-order chi connectivity index (χ1) is 8.02. The molecule has 3 nitrogen and oxygen atoms in total. The molecule has 2 rings (SSSR count). The number of benzene rings is 1. The zero-order valence-electron chi connectivity index (χ0n) is 8.79. The highest BCUT2D eigenvalue weighted by Crippen LogP contribution is 2.38. The lowest BCUT2D eigenvalue weighted by Gasteiger charge is -2.20. The number of anilines is 1. The van der Waals surface area contributed by atoms with Crippen molar-refractivity contribution in [2.24, 2.45) is 5.92 Å². The molecule has 6 heteroatoms. The lowest BCUT2D eigenvalue weighted by Crippen LogP contribution is -2.25. The van der Waals surface area contributed by atoms with Gasteiger partial charge in [0.25, 0.3) is 0 Å². The van der Waals surface area contributed by atoms with Gasteiger partial charge in [-0.05, 0) is 44.0 Å². The van der Waals surface area contributed by atoms with Gasteiger partial charge in [-0.25, -0.2) is 4.39 Å². The van der Waals surface area contributed by atoms with Gasteiger partial charge in [-0.1, -0.05) is 0 Å². The Hall–Kier alpha value is -0.460. The molecule has 1 saturated heterocycles. The maximum absolute atomic E-state index is 13.1. The largest absolute Gasteiger partial charge is 0.396 e. The Morgan fingerprint density at radius 3 is 2.47 bits per heavy atom. The van der Waals surface area contributed by atoms with E-state index in [2.05, 4.69) is 31.9 Å². The van der Waals surface area contributed by atoms with Crippen LogP contribution in [0, 0.1) is 11.7 Å². The summed E-state index contributed by atoms with van der Waals surface area (Å²) >= 11 is 6.50. The lowest BCUT2D eigenvalue weighted by atomic mass is 10.1. The second-order valence-corrected chi connectivity index (χ2v) is 5.68. The van der Waals surface area contributed by atoms with Crippen LogP contribution in [0.5, 0.6) is 0 Å². The molecule has 1 aliphatic rings. The van der Waals surface area contributed by atoms with Crippen LogP contribution in [0.1, 0.15) is 6.42 Å². The Morgan fingerprint density at radius 2 is 2.00 bits per heavy atom. The van der Waals surface area contributed by atoms with Crippen molar-refractivity contribution >= 4 is 43.5 Å². The molecule has 0 spiro atoms. The first-order valence-corrected chi connectivity index (χ1v) is 6.67. The van der Waals surface area contributed by atoms with E-state index >= 15 is 0 Å². The van der Waals surface area contributed by atoms with Crippen LogP contribution < -0.4 is 4.90 Å². The third-order valence-electron chi connectivity index (χ3n) is 2.71. The van der Waals surface area contributed by atoms with Crippen LogP contribution in [-0.4, -0.2) is 24.2 Å². The Labute approximate surface area is 115 Å². The van der Waals surface area contributed by atoms with Crippen LogP contribution in [0.15, 0.2) is 21.1 Å². The van der Waals surface area contributed by atoms with E-state index in [1.165, 1.54) is 12.1 Å². The zero-order valence-corrected chi connectivity index (χ0v) is 12.0. The van der Waals surface area contributed by atoms with Gasteiger partial charge in [-0.2, -0.15) is 0 Å². The summed E-state index contributed by atoms with van der Waals surface area (Å²) in [5, 5.41) is 9.07. The SMILES string of the molecule is O=C1CC(CO)CN1c1c(Br)cc(F)cc1Br. The molecular formula is C11H10Br2FNO2. The Bertz CT molecular complexity index is 444. The molecule has 1 amide bonds. The molecule has 0 bridgehead atoms. The van der Waals surface area contributed by atoms with Gasteiger partial charge in [0, 0.05) is 34.4 Å². The summed E-state index contributed by atoms with van der Waals surface area (Å²) in [6.45, 7) is 0.441. The Balaban J connectivity index is 2.38. The summed E-state index contributed by atoms with van der Waals surface area (Å²) in [5.74, 6) is -0.485. The molecule has 1 N–H and O–H groups in total. The minimum absolute atomic E-state index is 0.0152. The summed E-state index contributed by atoms with van der Waals surface area (Å²) in [7, 11) is 0.